The number of ketones is 1. The number of hydrogen-bond acceptors (Lipinski definition) is 11. The fourth-order valence-electron chi connectivity index (χ4n) is 5.64. The van der Waals surface area contributed by atoms with Crippen LogP contribution in [0.1, 0.15) is 84.8 Å². The predicted molar refractivity (Wildman–Crippen MR) is 181 cm³/mol. The fraction of sp³-hybridized carbons (Fsp3) is 0.400. The van der Waals surface area contributed by atoms with Crippen LogP contribution in [0.2, 0.25) is 0 Å². The number of methoxy groups -OCH3 is 1. The van der Waals surface area contributed by atoms with Gasteiger partial charge in [0, 0.05) is 43.8 Å². The van der Waals surface area contributed by atoms with Crippen LogP contribution in [-0.2, 0) is 25.7 Å². The number of nitrogens with zero attached hydrogens (tertiary/aromatic N) is 3. The van der Waals surface area contributed by atoms with Gasteiger partial charge in [0.05, 0.1) is 18.1 Å². The van der Waals surface area contributed by atoms with Crippen LogP contribution in [-0.4, -0.2) is 74.8 Å². The molecular weight excluding hydrogens is 650 g/mol. The van der Waals surface area contributed by atoms with Crippen molar-refractivity contribution >= 4 is 35.3 Å². The van der Waals surface area contributed by atoms with Gasteiger partial charge >= 0.3 is 11.7 Å². The molecule has 4 rings (SSSR count). The van der Waals surface area contributed by atoms with Crippen molar-refractivity contribution in [1.29, 1.82) is 0 Å². The van der Waals surface area contributed by atoms with Crippen molar-refractivity contribution in [3.63, 3.8) is 0 Å². The van der Waals surface area contributed by atoms with Crippen molar-refractivity contribution in [2.45, 2.75) is 70.4 Å². The number of phenols is 2. The van der Waals surface area contributed by atoms with Gasteiger partial charge in [-0.2, -0.15) is 5.10 Å². The number of aromatic nitrogens is 2. The first-order chi connectivity index (χ1) is 24.0. The van der Waals surface area contributed by atoms with E-state index in [1.807, 2.05) is 0 Å². The summed E-state index contributed by atoms with van der Waals surface area (Å²) >= 11 is 0. The van der Waals surface area contributed by atoms with Crippen molar-refractivity contribution in [2.24, 2.45) is 0 Å². The number of phenolic OH excluding ortho intramolecular Hbond substituents is 2. The van der Waals surface area contributed by atoms with Gasteiger partial charge in [-0.25, -0.2) is 4.79 Å². The van der Waals surface area contributed by atoms with Gasteiger partial charge in [0.25, 0.3) is 0 Å². The molecule has 0 fully saturated rings. The highest BCUT2D eigenvalue weighted by atomic mass is 16.6. The molecule has 0 spiro atoms. The summed E-state index contributed by atoms with van der Waals surface area (Å²) in [6.45, 7) is 1.52. The molecule has 0 saturated carbocycles. The molecule has 1 aromatic heterocycles. The lowest BCUT2D eigenvalue weighted by Gasteiger charge is -2.23. The van der Waals surface area contributed by atoms with E-state index in [-0.39, 0.29) is 60.0 Å². The summed E-state index contributed by atoms with van der Waals surface area (Å²) in [7, 11) is 1.50. The molecule has 266 valence electrons. The van der Waals surface area contributed by atoms with Gasteiger partial charge < -0.3 is 30.3 Å². The Balaban J connectivity index is 1.56. The van der Waals surface area contributed by atoms with E-state index in [4.69, 9.17) is 9.47 Å². The molecule has 2 aromatic carbocycles. The topological polar surface area (TPSA) is 212 Å². The number of fused-ring (bicyclic) bond motifs is 1. The lowest BCUT2D eigenvalue weighted by molar-refractivity contribution is -0.385. The highest BCUT2D eigenvalue weighted by Gasteiger charge is 2.31. The third kappa shape index (κ3) is 10.1. The molecule has 4 N–H and O–H groups in total. The average molecular weight is 692 g/mol. The Bertz CT molecular complexity index is 1730. The number of amides is 2. The van der Waals surface area contributed by atoms with E-state index in [2.05, 4.69) is 15.7 Å². The first-order valence-electron chi connectivity index (χ1n) is 16.3. The monoisotopic (exact) mass is 691 g/mol. The molecule has 0 saturated heterocycles. The first-order valence-corrected chi connectivity index (χ1v) is 16.3. The molecule has 15 nitrogen and oxygen atoms in total. The number of carbonyl (C=O) groups is 4. The van der Waals surface area contributed by atoms with Crippen LogP contribution < -0.4 is 15.4 Å². The smallest absolute Gasteiger partial charge is 0.342 e. The molecule has 0 bridgehead atoms. The maximum Gasteiger partial charge on any atom is 0.342 e. The van der Waals surface area contributed by atoms with Crippen LogP contribution in [0.25, 0.3) is 6.08 Å². The molecule has 0 radical (unpaired) electrons. The Kier molecular flexibility index (Phi) is 13.1. The molecule has 1 aliphatic rings. The largest absolute Gasteiger partial charge is 0.507 e. The van der Waals surface area contributed by atoms with Crippen molar-refractivity contribution in [2.75, 3.05) is 20.2 Å². The Morgan fingerprint density at radius 1 is 1.12 bits per heavy atom. The third-order valence-corrected chi connectivity index (χ3v) is 8.21. The zero-order chi connectivity index (χ0) is 36.2. The maximum atomic E-state index is 13.5. The molecule has 0 aliphatic carbocycles. The molecular formula is C35H41N5O10. The third-order valence-electron chi connectivity index (χ3n) is 8.21. The van der Waals surface area contributed by atoms with Crippen molar-refractivity contribution in [3.8, 4) is 17.2 Å². The SMILES string of the molecule is COc1ccc(C(CC(=O)NCCNC(=O)Cn2cc([N+](=O)[O-])cn2)c2c(O)cc3c(c2O)C(=O)O[C@@H](C)CCCC(=O)CCCC=C3)cc1. The van der Waals surface area contributed by atoms with E-state index in [1.54, 1.807) is 43.3 Å². The molecule has 2 heterocycles. The number of nitro groups is 1. The number of hydrogen-bond donors (Lipinski definition) is 4. The van der Waals surface area contributed by atoms with Crippen LogP contribution >= 0.6 is 0 Å². The fourth-order valence-corrected chi connectivity index (χ4v) is 5.64. The lowest BCUT2D eigenvalue weighted by Crippen LogP contribution is -2.36. The van der Waals surface area contributed by atoms with E-state index in [0.717, 1.165) is 17.1 Å². The number of carbonyl (C=O) groups excluding carboxylic acids is 4. The van der Waals surface area contributed by atoms with E-state index in [0.29, 0.717) is 49.8 Å². The van der Waals surface area contributed by atoms with Crippen LogP contribution in [0.3, 0.4) is 0 Å². The van der Waals surface area contributed by atoms with E-state index in [1.165, 1.54) is 13.2 Å². The predicted octanol–water partition coefficient (Wildman–Crippen LogP) is 4.15. The highest BCUT2D eigenvalue weighted by molar-refractivity contribution is 5.98. The Hall–Kier alpha value is -5.73. The normalized spacial score (nSPS) is 16.0. The molecule has 3 aromatic rings. The zero-order valence-corrected chi connectivity index (χ0v) is 27.9. The summed E-state index contributed by atoms with van der Waals surface area (Å²) in [5.74, 6) is -2.87. The summed E-state index contributed by atoms with van der Waals surface area (Å²) in [4.78, 5) is 61.4. The average Bonchev–Trinajstić information content (AvgIpc) is 3.54. The Morgan fingerprint density at radius 2 is 1.82 bits per heavy atom. The number of ether oxygens (including phenoxy) is 2. The molecule has 15 heteroatoms. The quantitative estimate of drug-likeness (QED) is 0.0971. The maximum absolute atomic E-state index is 13.5. The number of nitrogens with one attached hydrogen (secondary N) is 2. The van der Waals surface area contributed by atoms with Crippen LogP contribution in [0.4, 0.5) is 5.69 Å². The van der Waals surface area contributed by atoms with Crippen LogP contribution in [0.15, 0.2) is 48.8 Å². The summed E-state index contributed by atoms with van der Waals surface area (Å²) in [6.07, 6.45) is 7.70. The number of Topliss-reactive ketones (excluding diaryl/α,β-unsaturated/α-hetero) is 1. The number of allylic oxidation sites excluding steroid dienone is 1. The summed E-state index contributed by atoms with van der Waals surface area (Å²) in [5.41, 5.74) is 0.315. The van der Waals surface area contributed by atoms with Gasteiger partial charge in [-0.15, -0.1) is 0 Å². The van der Waals surface area contributed by atoms with Crippen molar-refractivity contribution in [3.05, 3.63) is 81.2 Å². The summed E-state index contributed by atoms with van der Waals surface area (Å²) < 4.78 is 12.1. The number of aromatic hydroxyl groups is 2. The summed E-state index contributed by atoms with van der Waals surface area (Å²) in [6, 6.07) is 8.05. The second kappa shape index (κ2) is 17.6. The highest BCUT2D eigenvalue weighted by Crippen LogP contribution is 2.44. The number of benzene rings is 2. The van der Waals surface area contributed by atoms with Gasteiger partial charge in [0.1, 0.15) is 47.5 Å². The van der Waals surface area contributed by atoms with E-state index < -0.39 is 40.5 Å². The molecule has 2 atom stereocenters. The van der Waals surface area contributed by atoms with Crippen LogP contribution in [0.5, 0.6) is 17.2 Å². The number of cyclic esters (lactones) is 1. The number of esters is 1. The lowest BCUT2D eigenvalue weighted by atomic mass is 9.84. The van der Waals surface area contributed by atoms with Gasteiger partial charge in [-0.05, 0) is 61.9 Å². The summed E-state index contributed by atoms with van der Waals surface area (Å²) in [5, 5.41) is 42.9. The first kappa shape index (κ1) is 37.1. The van der Waals surface area contributed by atoms with Gasteiger partial charge in [-0.1, -0.05) is 24.3 Å². The van der Waals surface area contributed by atoms with Gasteiger partial charge in [-0.3, -0.25) is 29.2 Å². The Labute approximate surface area is 288 Å². The second-order valence-electron chi connectivity index (χ2n) is 11.9. The standard InChI is InChI=1S/C35H41N5O10/c1-22-7-6-10-26(41)9-5-3-4-8-24-17-29(42)33(34(45)32(24)35(46)50-22)28(23-11-13-27(49-2)14-12-23)18-30(43)36-15-16-37-31(44)21-39-20-25(19-38-39)40(47)48/h4,8,11-14,17,19-20,22,28,42,45H,3,5-7,9-10,15-16,18,21H2,1-2H3,(H,36,43)(H,37,44)/t22-,28?/m0/s1. The van der Waals surface area contributed by atoms with E-state index >= 15 is 0 Å². The van der Waals surface area contributed by atoms with Gasteiger partial charge in [0.2, 0.25) is 11.8 Å². The Morgan fingerprint density at radius 3 is 2.50 bits per heavy atom. The van der Waals surface area contributed by atoms with Crippen molar-refractivity contribution < 1.29 is 43.8 Å². The molecule has 2 amide bonds. The van der Waals surface area contributed by atoms with E-state index in [9.17, 15) is 39.5 Å². The number of rotatable bonds is 11. The molecule has 1 unspecified atom stereocenters. The minimum absolute atomic E-state index is 0.0297. The zero-order valence-electron chi connectivity index (χ0n) is 27.9. The molecule has 1 aliphatic heterocycles. The molecule has 50 heavy (non-hydrogen) atoms. The van der Waals surface area contributed by atoms with Gasteiger partial charge in [0.15, 0.2) is 0 Å². The van der Waals surface area contributed by atoms with Crippen molar-refractivity contribution in [1.82, 2.24) is 20.4 Å². The minimum Gasteiger partial charge on any atom is -0.507 e. The minimum atomic E-state index is -0.926. The second-order valence-corrected chi connectivity index (χ2v) is 11.9. The van der Waals surface area contributed by atoms with Crippen LogP contribution in [0, 0.1) is 10.1 Å².